The Labute approximate surface area is 124 Å². The van der Waals surface area contributed by atoms with Crippen molar-refractivity contribution in [3.8, 4) is 17.1 Å². The predicted octanol–water partition coefficient (Wildman–Crippen LogP) is 2.91. The Balaban J connectivity index is 1.91. The molecule has 0 aliphatic heterocycles. The second-order valence-electron chi connectivity index (χ2n) is 5.70. The van der Waals surface area contributed by atoms with Crippen molar-refractivity contribution in [1.82, 2.24) is 10.1 Å². The molecule has 5 heteroatoms. The van der Waals surface area contributed by atoms with E-state index >= 15 is 0 Å². The van der Waals surface area contributed by atoms with Crippen molar-refractivity contribution < 1.29 is 9.26 Å². The zero-order chi connectivity index (χ0) is 14.7. The van der Waals surface area contributed by atoms with Crippen molar-refractivity contribution in [2.24, 2.45) is 5.73 Å². The third-order valence-electron chi connectivity index (χ3n) is 4.41. The minimum absolute atomic E-state index is 0.137. The lowest BCUT2D eigenvalue weighted by atomic mass is 9.74. The standard InChI is InChI=1S/C16H21N3O2/c1-20-13-7-5-6-12(10-13)14-18-15(21-19-14)16(11-17)8-3-2-4-9-16/h5-7,10H,2-4,8-9,11,17H2,1H3. The maximum Gasteiger partial charge on any atom is 0.234 e. The van der Waals surface area contributed by atoms with Gasteiger partial charge in [0, 0.05) is 12.1 Å². The molecule has 1 aromatic heterocycles. The van der Waals surface area contributed by atoms with E-state index in [-0.39, 0.29) is 5.41 Å². The number of benzene rings is 1. The Hall–Kier alpha value is -1.88. The van der Waals surface area contributed by atoms with Gasteiger partial charge in [-0.1, -0.05) is 36.6 Å². The van der Waals surface area contributed by atoms with Gasteiger partial charge in [-0.25, -0.2) is 0 Å². The first-order chi connectivity index (χ1) is 10.3. The quantitative estimate of drug-likeness (QED) is 0.936. The number of nitrogens with two attached hydrogens (primary N) is 1. The normalized spacial score (nSPS) is 17.6. The van der Waals surface area contributed by atoms with Gasteiger partial charge < -0.3 is 15.0 Å². The summed E-state index contributed by atoms with van der Waals surface area (Å²) in [6.45, 7) is 0.562. The highest BCUT2D eigenvalue weighted by atomic mass is 16.5. The first kappa shape index (κ1) is 14.1. The Morgan fingerprint density at radius 3 is 2.81 bits per heavy atom. The minimum Gasteiger partial charge on any atom is -0.497 e. The second kappa shape index (κ2) is 5.85. The van der Waals surface area contributed by atoms with E-state index in [0.717, 1.165) is 24.2 Å². The summed E-state index contributed by atoms with van der Waals surface area (Å²) >= 11 is 0. The average molecular weight is 287 g/mol. The smallest absolute Gasteiger partial charge is 0.234 e. The molecule has 0 bridgehead atoms. The summed E-state index contributed by atoms with van der Waals surface area (Å²) in [7, 11) is 1.65. The van der Waals surface area contributed by atoms with Gasteiger partial charge in [0.1, 0.15) is 5.75 Å². The van der Waals surface area contributed by atoms with Gasteiger partial charge >= 0.3 is 0 Å². The molecule has 5 nitrogen and oxygen atoms in total. The summed E-state index contributed by atoms with van der Waals surface area (Å²) in [5, 5.41) is 4.13. The van der Waals surface area contributed by atoms with Gasteiger partial charge in [0.05, 0.1) is 12.5 Å². The lowest BCUT2D eigenvalue weighted by Gasteiger charge is -2.32. The largest absolute Gasteiger partial charge is 0.497 e. The van der Waals surface area contributed by atoms with E-state index in [0.29, 0.717) is 18.3 Å². The Bertz CT molecular complexity index is 603. The van der Waals surface area contributed by atoms with E-state index in [9.17, 15) is 0 Å². The molecule has 2 aromatic rings. The van der Waals surface area contributed by atoms with Crippen LogP contribution in [0.2, 0.25) is 0 Å². The molecule has 1 aromatic carbocycles. The van der Waals surface area contributed by atoms with Crippen molar-refractivity contribution in [2.45, 2.75) is 37.5 Å². The van der Waals surface area contributed by atoms with Gasteiger partial charge in [-0.3, -0.25) is 0 Å². The molecular formula is C16H21N3O2. The molecule has 0 amide bonds. The number of hydrogen-bond donors (Lipinski definition) is 1. The zero-order valence-electron chi connectivity index (χ0n) is 12.3. The van der Waals surface area contributed by atoms with Gasteiger partial charge in [0.25, 0.3) is 0 Å². The fourth-order valence-corrected chi connectivity index (χ4v) is 3.05. The van der Waals surface area contributed by atoms with Crippen LogP contribution < -0.4 is 10.5 Å². The fourth-order valence-electron chi connectivity index (χ4n) is 3.05. The maximum atomic E-state index is 6.02. The van der Waals surface area contributed by atoms with Crippen LogP contribution in [0.1, 0.15) is 38.0 Å². The van der Waals surface area contributed by atoms with Crippen LogP contribution in [0.4, 0.5) is 0 Å². The molecule has 1 saturated carbocycles. The Morgan fingerprint density at radius 1 is 1.29 bits per heavy atom. The Kier molecular flexibility index (Phi) is 3.92. The number of ether oxygens (including phenoxy) is 1. The first-order valence-electron chi connectivity index (χ1n) is 7.46. The van der Waals surface area contributed by atoms with E-state index < -0.39 is 0 Å². The third-order valence-corrected chi connectivity index (χ3v) is 4.41. The molecule has 1 heterocycles. The van der Waals surface area contributed by atoms with E-state index in [2.05, 4.69) is 10.1 Å². The van der Waals surface area contributed by atoms with E-state index in [1.54, 1.807) is 7.11 Å². The van der Waals surface area contributed by atoms with Crippen molar-refractivity contribution in [3.63, 3.8) is 0 Å². The molecule has 3 rings (SSSR count). The zero-order valence-corrected chi connectivity index (χ0v) is 12.3. The highest BCUT2D eigenvalue weighted by Gasteiger charge is 2.38. The average Bonchev–Trinajstić information content (AvgIpc) is 3.06. The number of methoxy groups -OCH3 is 1. The van der Waals surface area contributed by atoms with Crippen LogP contribution in [0.3, 0.4) is 0 Å². The topological polar surface area (TPSA) is 74.2 Å². The molecule has 1 aliphatic carbocycles. The van der Waals surface area contributed by atoms with Gasteiger partial charge in [0.15, 0.2) is 0 Å². The summed E-state index contributed by atoms with van der Waals surface area (Å²) in [5.41, 5.74) is 6.78. The fraction of sp³-hybridized carbons (Fsp3) is 0.500. The van der Waals surface area contributed by atoms with Gasteiger partial charge in [0.2, 0.25) is 11.7 Å². The second-order valence-corrected chi connectivity index (χ2v) is 5.70. The predicted molar refractivity (Wildman–Crippen MR) is 80.1 cm³/mol. The van der Waals surface area contributed by atoms with Crippen LogP contribution in [-0.4, -0.2) is 23.8 Å². The molecule has 0 saturated heterocycles. The van der Waals surface area contributed by atoms with Crippen molar-refractivity contribution in [3.05, 3.63) is 30.2 Å². The molecule has 1 aliphatic rings. The van der Waals surface area contributed by atoms with Crippen LogP contribution in [0.5, 0.6) is 5.75 Å². The molecule has 2 N–H and O–H groups in total. The maximum absolute atomic E-state index is 6.02. The number of aromatic nitrogens is 2. The molecule has 0 spiro atoms. The molecule has 1 fully saturated rings. The molecule has 0 atom stereocenters. The number of rotatable bonds is 4. The van der Waals surface area contributed by atoms with Gasteiger partial charge in [-0.15, -0.1) is 0 Å². The lowest BCUT2D eigenvalue weighted by Crippen LogP contribution is -2.37. The lowest BCUT2D eigenvalue weighted by molar-refractivity contribution is 0.220. The van der Waals surface area contributed by atoms with Crippen molar-refractivity contribution >= 4 is 0 Å². The van der Waals surface area contributed by atoms with Gasteiger partial charge in [-0.05, 0) is 25.0 Å². The summed E-state index contributed by atoms with van der Waals surface area (Å²) < 4.78 is 10.8. The first-order valence-corrected chi connectivity index (χ1v) is 7.46. The van der Waals surface area contributed by atoms with Crippen LogP contribution in [0.25, 0.3) is 11.4 Å². The van der Waals surface area contributed by atoms with Crippen LogP contribution in [0.15, 0.2) is 28.8 Å². The number of nitrogens with zero attached hydrogens (tertiary/aromatic N) is 2. The van der Waals surface area contributed by atoms with Crippen LogP contribution in [0, 0.1) is 0 Å². The summed E-state index contributed by atoms with van der Waals surface area (Å²) in [6.07, 6.45) is 5.67. The van der Waals surface area contributed by atoms with Crippen LogP contribution in [-0.2, 0) is 5.41 Å². The van der Waals surface area contributed by atoms with Crippen molar-refractivity contribution in [2.75, 3.05) is 13.7 Å². The van der Waals surface area contributed by atoms with E-state index in [4.69, 9.17) is 15.0 Å². The summed E-state index contributed by atoms with van der Waals surface area (Å²) in [5.74, 6) is 2.06. The molecule has 21 heavy (non-hydrogen) atoms. The van der Waals surface area contributed by atoms with Crippen LogP contribution >= 0.6 is 0 Å². The molecule has 112 valence electrons. The minimum atomic E-state index is -0.137. The van der Waals surface area contributed by atoms with Crippen molar-refractivity contribution in [1.29, 1.82) is 0 Å². The SMILES string of the molecule is COc1cccc(-c2noc(C3(CN)CCCCC3)n2)c1. The summed E-state index contributed by atoms with van der Waals surface area (Å²) in [4.78, 5) is 4.61. The highest BCUT2D eigenvalue weighted by Crippen LogP contribution is 2.38. The number of hydrogen-bond acceptors (Lipinski definition) is 5. The monoisotopic (exact) mass is 287 g/mol. The molecular weight excluding hydrogens is 266 g/mol. The summed E-state index contributed by atoms with van der Waals surface area (Å²) in [6, 6.07) is 7.67. The van der Waals surface area contributed by atoms with Gasteiger partial charge in [-0.2, -0.15) is 4.98 Å². The third kappa shape index (κ3) is 2.65. The highest BCUT2D eigenvalue weighted by molar-refractivity contribution is 5.56. The molecule has 0 radical (unpaired) electrons. The molecule has 0 unspecified atom stereocenters. The van der Waals surface area contributed by atoms with E-state index in [1.165, 1.54) is 19.3 Å². The van der Waals surface area contributed by atoms with E-state index in [1.807, 2.05) is 24.3 Å². The Morgan fingerprint density at radius 2 is 2.10 bits per heavy atom.